The second-order valence-corrected chi connectivity index (χ2v) is 7.74. The number of aliphatic hydroxyl groups is 4. The third kappa shape index (κ3) is 3.96. The molecule has 0 radical (unpaired) electrons. The van der Waals surface area contributed by atoms with Gasteiger partial charge >= 0.3 is 0 Å². The first-order chi connectivity index (χ1) is 15.6. The van der Waals surface area contributed by atoms with Crippen molar-refractivity contribution in [3.8, 4) is 34.3 Å². The monoisotopic (exact) mass is 462 g/mol. The Morgan fingerprint density at radius 2 is 1.70 bits per heavy atom. The molecule has 11 nitrogen and oxygen atoms in total. The van der Waals surface area contributed by atoms with Gasteiger partial charge in [-0.2, -0.15) is 0 Å². The summed E-state index contributed by atoms with van der Waals surface area (Å²) in [4.78, 5) is 13.3. The molecule has 11 heteroatoms. The van der Waals surface area contributed by atoms with Gasteiger partial charge in [0.2, 0.25) is 17.5 Å². The van der Waals surface area contributed by atoms with E-state index in [2.05, 4.69) is 0 Å². The molecule has 4 rings (SSSR count). The van der Waals surface area contributed by atoms with Crippen molar-refractivity contribution in [1.29, 1.82) is 0 Å². The minimum absolute atomic E-state index is 0.0198. The third-order valence-corrected chi connectivity index (χ3v) is 5.46. The summed E-state index contributed by atoms with van der Waals surface area (Å²) in [5, 5.41) is 69.3. The van der Waals surface area contributed by atoms with E-state index < -0.39 is 54.2 Å². The van der Waals surface area contributed by atoms with E-state index in [0.717, 1.165) is 12.1 Å². The van der Waals surface area contributed by atoms with Gasteiger partial charge in [-0.25, -0.2) is 0 Å². The standard InChI is InChI=1S/C22H22O11/c1-8-4-9(2-3-11(8)25)20-21(17(28)15-12(26)5-10(24)6-13(15)31-20)33-22-19(30)18(29)16(27)14(7-23)32-22/h2-6,14,16,18-19,22-27,29-30H,7H2,1H3. The average molecular weight is 462 g/mol. The largest absolute Gasteiger partial charge is 0.508 e. The van der Waals surface area contributed by atoms with Gasteiger partial charge in [-0.3, -0.25) is 4.79 Å². The lowest BCUT2D eigenvalue weighted by Gasteiger charge is -2.39. The van der Waals surface area contributed by atoms with Crippen LogP contribution in [0, 0.1) is 6.92 Å². The molecule has 1 aliphatic heterocycles. The SMILES string of the molecule is Cc1cc(-c2oc3cc(O)cc(O)c3c(=O)c2OC2OC(CO)C(O)C(O)C2O)ccc1O. The lowest BCUT2D eigenvalue weighted by Crippen LogP contribution is -2.60. The van der Waals surface area contributed by atoms with Crippen LogP contribution in [0.2, 0.25) is 0 Å². The first kappa shape index (κ1) is 22.8. The zero-order chi connectivity index (χ0) is 24.0. The first-order valence-electron chi connectivity index (χ1n) is 9.92. The molecular weight excluding hydrogens is 440 g/mol. The maximum absolute atomic E-state index is 13.3. The Labute approximate surface area is 185 Å². The minimum atomic E-state index is -1.80. The highest BCUT2D eigenvalue weighted by Gasteiger charge is 2.45. The Morgan fingerprint density at radius 3 is 2.36 bits per heavy atom. The predicted molar refractivity (Wildman–Crippen MR) is 112 cm³/mol. The molecule has 176 valence electrons. The van der Waals surface area contributed by atoms with Gasteiger partial charge in [-0.1, -0.05) is 0 Å². The van der Waals surface area contributed by atoms with Crippen LogP contribution in [0.1, 0.15) is 5.56 Å². The second-order valence-electron chi connectivity index (χ2n) is 7.74. The number of fused-ring (bicyclic) bond motifs is 1. The molecule has 1 aliphatic rings. The molecule has 0 amide bonds. The normalized spacial score (nSPS) is 25.3. The van der Waals surface area contributed by atoms with Gasteiger partial charge in [0.05, 0.1) is 6.61 Å². The number of benzene rings is 2. The van der Waals surface area contributed by atoms with Gasteiger partial charge in [-0.05, 0) is 30.7 Å². The number of aromatic hydroxyl groups is 3. The van der Waals surface area contributed by atoms with Gasteiger partial charge < -0.3 is 49.6 Å². The van der Waals surface area contributed by atoms with Gasteiger partial charge in [0.1, 0.15) is 52.6 Å². The van der Waals surface area contributed by atoms with Gasteiger partial charge in [0.25, 0.3) is 0 Å². The van der Waals surface area contributed by atoms with Crippen LogP contribution >= 0.6 is 0 Å². The summed E-state index contributed by atoms with van der Waals surface area (Å²) in [5.41, 5.74) is -0.342. The zero-order valence-electron chi connectivity index (χ0n) is 17.2. The van der Waals surface area contributed by atoms with E-state index in [1.165, 1.54) is 18.2 Å². The fourth-order valence-corrected chi connectivity index (χ4v) is 3.64. The highest BCUT2D eigenvalue weighted by molar-refractivity contribution is 5.88. The minimum Gasteiger partial charge on any atom is -0.508 e. The molecule has 5 atom stereocenters. The highest BCUT2D eigenvalue weighted by atomic mass is 16.7. The van der Waals surface area contributed by atoms with Crippen LogP contribution in [-0.2, 0) is 4.74 Å². The van der Waals surface area contributed by atoms with Crippen LogP contribution in [0.15, 0.2) is 39.5 Å². The van der Waals surface area contributed by atoms with Crippen molar-refractivity contribution in [3.05, 3.63) is 46.1 Å². The summed E-state index contributed by atoms with van der Waals surface area (Å²) in [6.07, 6.45) is -8.18. The van der Waals surface area contributed by atoms with Crippen molar-refractivity contribution in [2.75, 3.05) is 6.61 Å². The zero-order valence-corrected chi connectivity index (χ0v) is 17.2. The molecule has 0 spiro atoms. The number of phenolic OH excluding ortho intramolecular Hbond substituents is 3. The molecule has 0 saturated carbocycles. The predicted octanol–water partition coefficient (Wildman–Crippen LogP) is 0.0639. The van der Waals surface area contributed by atoms with Gasteiger partial charge in [0.15, 0.2) is 5.76 Å². The van der Waals surface area contributed by atoms with Crippen LogP contribution in [0.4, 0.5) is 0 Å². The number of phenols is 3. The lowest BCUT2D eigenvalue weighted by molar-refractivity contribution is -0.277. The molecule has 33 heavy (non-hydrogen) atoms. The van der Waals surface area contributed by atoms with Crippen molar-refractivity contribution in [1.82, 2.24) is 0 Å². The summed E-state index contributed by atoms with van der Waals surface area (Å²) in [7, 11) is 0. The summed E-state index contributed by atoms with van der Waals surface area (Å²) >= 11 is 0. The van der Waals surface area contributed by atoms with Gasteiger partial charge in [-0.15, -0.1) is 0 Å². The molecule has 0 bridgehead atoms. The van der Waals surface area contributed by atoms with E-state index in [1.807, 2.05) is 0 Å². The Balaban J connectivity index is 1.91. The number of hydrogen-bond donors (Lipinski definition) is 7. The Bertz CT molecular complexity index is 1250. The number of aryl methyl sites for hydroxylation is 1. The van der Waals surface area contributed by atoms with Gasteiger partial charge in [0, 0.05) is 17.7 Å². The number of ether oxygens (including phenoxy) is 2. The molecule has 2 heterocycles. The maximum atomic E-state index is 13.3. The summed E-state index contributed by atoms with van der Waals surface area (Å²) < 4.78 is 16.7. The average Bonchev–Trinajstić information content (AvgIpc) is 2.76. The van der Waals surface area contributed by atoms with Crippen molar-refractivity contribution < 1.29 is 49.6 Å². The van der Waals surface area contributed by atoms with Crippen LogP contribution in [0.3, 0.4) is 0 Å². The van der Waals surface area contributed by atoms with E-state index in [1.54, 1.807) is 6.92 Å². The van der Waals surface area contributed by atoms with Crippen molar-refractivity contribution in [3.63, 3.8) is 0 Å². The fourth-order valence-electron chi connectivity index (χ4n) is 3.64. The summed E-state index contributed by atoms with van der Waals surface area (Å²) in [6, 6.07) is 6.32. The van der Waals surface area contributed by atoms with E-state index in [-0.39, 0.29) is 33.8 Å². The Kier molecular flexibility index (Phi) is 5.91. The lowest BCUT2D eigenvalue weighted by atomic mass is 9.99. The van der Waals surface area contributed by atoms with Crippen LogP contribution < -0.4 is 10.2 Å². The summed E-state index contributed by atoms with van der Waals surface area (Å²) in [6.45, 7) is 0.898. The van der Waals surface area contributed by atoms with Crippen molar-refractivity contribution in [2.45, 2.75) is 37.6 Å². The summed E-state index contributed by atoms with van der Waals surface area (Å²) in [5.74, 6) is -1.67. The number of aliphatic hydroxyl groups excluding tert-OH is 4. The Morgan fingerprint density at radius 1 is 0.970 bits per heavy atom. The highest BCUT2D eigenvalue weighted by Crippen LogP contribution is 2.38. The van der Waals surface area contributed by atoms with E-state index >= 15 is 0 Å². The quantitative estimate of drug-likeness (QED) is 0.278. The topological polar surface area (TPSA) is 190 Å². The molecule has 7 N–H and O–H groups in total. The van der Waals surface area contributed by atoms with E-state index in [0.29, 0.717) is 5.56 Å². The van der Waals surface area contributed by atoms with E-state index in [4.69, 9.17) is 13.9 Å². The van der Waals surface area contributed by atoms with Crippen molar-refractivity contribution in [2.24, 2.45) is 0 Å². The molecule has 5 unspecified atom stereocenters. The van der Waals surface area contributed by atoms with Crippen LogP contribution in [0.25, 0.3) is 22.3 Å². The molecule has 0 aliphatic carbocycles. The molecule has 1 fully saturated rings. The van der Waals surface area contributed by atoms with E-state index in [9.17, 15) is 40.5 Å². The number of rotatable bonds is 4. The molecule has 2 aromatic carbocycles. The smallest absolute Gasteiger partial charge is 0.239 e. The number of hydrogen-bond acceptors (Lipinski definition) is 11. The molecule has 1 saturated heterocycles. The third-order valence-electron chi connectivity index (χ3n) is 5.46. The second kappa shape index (κ2) is 8.54. The fraction of sp³-hybridized carbons (Fsp3) is 0.318. The van der Waals surface area contributed by atoms with Crippen LogP contribution in [-0.4, -0.2) is 73.1 Å². The molecule has 3 aromatic rings. The molecular formula is C22H22O11. The van der Waals surface area contributed by atoms with Crippen molar-refractivity contribution >= 4 is 11.0 Å². The first-order valence-corrected chi connectivity index (χ1v) is 9.92. The molecule has 1 aromatic heterocycles. The Hall–Kier alpha value is -3.35. The van der Waals surface area contributed by atoms with Crippen LogP contribution in [0.5, 0.6) is 23.0 Å². The maximum Gasteiger partial charge on any atom is 0.239 e.